The van der Waals surface area contributed by atoms with Crippen LogP contribution in [-0.4, -0.2) is 21.0 Å². The average Bonchev–Trinajstić information content (AvgIpc) is 2.18. The number of carboxylic acids is 1. The Bertz CT molecular complexity index is 481. The van der Waals surface area contributed by atoms with Crippen molar-refractivity contribution in [1.29, 1.82) is 0 Å². The maximum atomic E-state index is 12.7. The molecule has 1 rings (SSSR count). The van der Waals surface area contributed by atoms with Crippen molar-refractivity contribution in [3.8, 4) is 0 Å². The summed E-state index contributed by atoms with van der Waals surface area (Å²) in [6, 6.07) is 0. The van der Waals surface area contributed by atoms with Crippen molar-refractivity contribution >= 4 is 34.2 Å². The van der Waals surface area contributed by atoms with E-state index in [1.807, 2.05) is 0 Å². The minimum atomic E-state index is -3.08. The van der Waals surface area contributed by atoms with Gasteiger partial charge in [0, 0.05) is 6.20 Å². The van der Waals surface area contributed by atoms with E-state index in [4.69, 9.17) is 5.11 Å². The van der Waals surface area contributed by atoms with Crippen molar-refractivity contribution in [2.45, 2.75) is 12.8 Å². The van der Waals surface area contributed by atoms with Crippen LogP contribution < -0.4 is 0 Å². The third-order valence-corrected chi connectivity index (χ3v) is 2.72. The SMILES string of the molecule is O=C(O)Cc1cnc(I)c(C(F)F)c1[N+](=O)[O-]. The number of alkyl halides is 2. The van der Waals surface area contributed by atoms with Gasteiger partial charge in [-0.15, -0.1) is 0 Å². The van der Waals surface area contributed by atoms with Crippen molar-refractivity contribution in [2.75, 3.05) is 0 Å². The van der Waals surface area contributed by atoms with Gasteiger partial charge in [0.2, 0.25) is 0 Å². The summed E-state index contributed by atoms with van der Waals surface area (Å²) in [6.45, 7) is 0. The first-order chi connectivity index (χ1) is 7.84. The first-order valence-electron chi connectivity index (χ1n) is 4.16. The summed E-state index contributed by atoms with van der Waals surface area (Å²) in [5.74, 6) is -1.35. The van der Waals surface area contributed by atoms with Crippen LogP contribution in [0.4, 0.5) is 14.5 Å². The number of aliphatic carboxylic acids is 1. The first kappa shape index (κ1) is 13.7. The fourth-order valence-corrected chi connectivity index (χ4v) is 1.87. The molecule has 0 atom stereocenters. The van der Waals surface area contributed by atoms with Crippen LogP contribution in [0.2, 0.25) is 0 Å². The van der Waals surface area contributed by atoms with Crippen LogP contribution >= 0.6 is 22.6 Å². The van der Waals surface area contributed by atoms with E-state index in [1.54, 1.807) is 0 Å². The lowest BCUT2D eigenvalue weighted by atomic mass is 10.1. The van der Waals surface area contributed by atoms with E-state index in [2.05, 4.69) is 4.98 Å². The van der Waals surface area contributed by atoms with E-state index in [9.17, 15) is 23.7 Å². The second kappa shape index (κ2) is 5.29. The molecule has 17 heavy (non-hydrogen) atoms. The number of nitro groups is 1. The van der Waals surface area contributed by atoms with Crippen LogP contribution in [0.15, 0.2) is 6.20 Å². The Morgan fingerprint density at radius 2 is 2.24 bits per heavy atom. The number of hydrogen-bond donors (Lipinski definition) is 1. The van der Waals surface area contributed by atoms with E-state index in [-0.39, 0.29) is 9.26 Å². The van der Waals surface area contributed by atoms with E-state index in [0.29, 0.717) is 0 Å². The van der Waals surface area contributed by atoms with Gasteiger partial charge >= 0.3 is 5.97 Å². The summed E-state index contributed by atoms with van der Waals surface area (Å²) >= 11 is 1.44. The fraction of sp³-hybridized carbons (Fsp3) is 0.250. The van der Waals surface area contributed by atoms with Crippen LogP contribution in [0.1, 0.15) is 17.6 Å². The highest BCUT2D eigenvalue weighted by Gasteiger charge is 2.30. The molecule has 1 N–H and O–H groups in total. The second-order valence-corrected chi connectivity index (χ2v) is 3.99. The zero-order valence-corrected chi connectivity index (χ0v) is 10.2. The summed E-state index contributed by atoms with van der Waals surface area (Å²) in [5.41, 5.74) is -2.05. The normalized spacial score (nSPS) is 10.6. The predicted octanol–water partition coefficient (Wildman–Crippen LogP) is 2.16. The van der Waals surface area contributed by atoms with Gasteiger partial charge in [0.25, 0.3) is 12.1 Å². The molecular weight excluding hydrogens is 353 g/mol. The standard InChI is InChI=1S/C8H5F2IN2O4/c9-7(10)5-6(13(16)17)3(1-4(14)15)2-12-8(5)11/h2,7H,1H2,(H,14,15). The van der Waals surface area contributed by atoms with Crippen molar-refractivity contribution < 1.29 is 23.6 Å². The van der Waals surface area contributed by atoms with Gasteiger partial charge in [0.15, 0.2) is 0 Å². The number of pyridine rings is 1. The Balaban J connectivity index is 3.47. The third-order valence-electron chi connectivity index (χ3n) is 1.86. The number of aromatic nitrogens is 1. The zero-order chi connectivity index (χ0) is 13.2. The third kappa shape index (κ3) is 3.05. The molecule has 0 amide bonds. The molecule has 1 aromatic rings. The van der Waals surface area contributed by atoms with E-state index < -0.39 is 35.0 Å². The van der Waals surface area contributed by atoms with Crippen LogP contribution in [0.25, 0.3) is 0 Å². The second-order valence-electron chi connectivity index (χ2n) is 2.96. The molecule has 6 nitrogen and oxygen atoms in total. The molecular formula is C8H5F2IN2O4. The highest BCUT2D eigenvalue weighted by atomic mass is 127. The molecule has 0 spiro atoms. The van der Waals surface area contributed by atoms with Gasteiger partial charge < -0.3 is 5.11 Å². The predicted molar refractivity (Wildman–Crippen MR) is 59.9 cm³/mol. The Kier molecular flexibility index (Phi) is 4.26. The molecule has 0 radical (unpaired) electrons. The van der Waals surface area contributed by atoms with Gasteiger partial charge in [-0.05, 0) is 22.6 Å². The highest BCUT2D eigenvalue weighted by molar-refractivity contribution is 14.1. The molecule has 0 aliphatic rings. The number of carboxylic acid groups (broad SMARTS) is 1. The average molecular weight is 358 g/mol. The van der Waals surface area contributed by atoms with Gasteiger partial charge in [0.1, 0.15) is 9.26 Å². The van der Waals surface area contributed by atoms with Gasteiger partial charge in [0.05, 0.1) is 16.9 Å². The molecule has 1 aromatic heterocycles. The lowest BCUT2D eigenvalue weighted by Gasteiger charge is -2.07. The molecule has 0 aliphatic heterocycles. The summed E-state index contributed by atoms with van der Waals surface area (Å²) < 4.78 is 25.1. The molecule has 0 aliphatic carbocycles. The maximum absolute atomic E-state index is 12.7. The monoisotopic (exact) mass is 358 g/mol. The summed E-state index contributed by atoms with van der Waals surface area (Å²) in [7, 11) is 0. The van der Waals surface area contributed by atoms with Crippen molar-refractivity contribution in [3.63, 3.8) is 0 Å². The Morgan fingerprint density at radius 3 is 2.65 bits per heavy atom. The lowest BCUT2D eigenvalue weighted by molar-refractivity contribution is -0.387. The number of halogens is 3. The van der Waals surface area contributed by atoms with E-state index >= 15 is 0 Å². The van der Waals surface area contributed by atoms with Gasteiger partial charge in [-0.3, -0.25) is 14.9 Å². The van der Waals surface area contributed by atoms with Crippen LogP contribution in [0.3, 0.4) is 0 Å². The summed E-state index contributed by atoms with van der Waals surface area (Å²) in [4.78, 5) is 23.7. The van der Waals surface area contributed by atoms with Crippen molar-refractivity contribution in [2.24, 2.45) is 0 Å². The number of nitrogens with zero attached hydrogens (tertiary/aromatic N) is 2. The molecule has 0 bridgehead atoms. The van der Waals surface area contributed by atoms with Gasteiger partial charge in [-0.25, -0.2) is 13.8 Å². The number of rotatable bonds is 4. The molecule has 0 aromatic carbocycles. The minimum absolute atomic E-state index is 0.210. The zero-order valence-electron chi connectivity index (χ0n) is 8.06. The lowest BCUT2D eigenvalue weighted by Crippen LogP contribution is -2.09. The number of hydrogen-bond acceptors (Lipinski definition) is 4. The largest absolute Gasteiger partial charge is 0.481 e. The summed E-state index contributed by atoms with van der Waals surface area (Å²) in [6.07, 6.45) is -2.87. The fourth-order valence-electron chi connectivity index (χ4n) is 1.24. The molecule has 0 saturated heterocycles. The van der Waals surface area contributed by atoms with E-state index in [0.717, 1.165) is 6.20 Å². The minimum Gasteiger partial charge on any atom is -0.481 e. The molecule has 1 heterocycles. The van der Waals surface area contributed by atoms with Crippen molar-refractivity contribution in [1.82, 2.24) is 4.98 Å². The first-order valence-corrected chi connectivity index (χ1v) is 5.24. The number of carbonyl (C=O) groups is 1. The molecule has 9 heteroatoms. The smallest absolute Gasteiger partial charge is 0.308 e. The van der Waals surface area contributed by atoms with Crippen molar-refractivity contribution in [3.05, 3.63) is 31.1 Å². The van der Waals surface area contributed by atoms with Crippen LogP contribution in [0, 0.1) is 13.8 Å². The van der Waals surface area contributed by atoms with Gasteiger partial charge in [-0.1, -0.05) is 0 Å². The topological polar surface area (TPSA) is 93.3 Å². The van der Waals surface area contributed by atoms with Crippen LogP contribution in [-0.2, 0) is 11.2 Å². The molecule has 0 unspecified atom stereocenters. The molecule has 92 valence electrons. The molecule has 0 saturated carbocycles. The highest BCUT2D eigenvalue weighted by Crippen LogP contribution is 2.34. The van der Waals surface area contributed by atoms with E-state index in [1.165, 1.54) is 22.6 Å². The Hall–Kier alpha value is -1.39. The van der Waals surface area contributed by atoms with Crippen LogP contribution in [0.5, 0.6) is 0 Å². The summed E-state index contributed by atoms with van der Waals surface area (Å²) in [5, 5.41) is 19.3. The molecule has 0 fully saturated rings. The maximum Gasteiger partial charge on any atom is 0.308 e. The quantitative estimate of drug-likeness (QED) is 0.385. The van der Waals surface area contributed by atoms with Gasteiger partial charge in [-0.2, -0.15) is 0 Å². The Morgan fingerprint density at radius 1 is 1.65 bits per heavy atom. The Labute approximate surface area is 107 Å².